The lowest BCUT2D eigenvalue weighted by atomic mass is 10.0. The van der Waals surface area contributed by atoms with E-state index in [1.165, 1.54) is 0 Å². The van der Waals surface area contributed by atoms with Gasteiger partial charge in [-0.1, -0.05) is 17.7 Å². The van der Waals surface area contributed by atoms with E-state index in [1.807, 2.05) is 29.8 Å². The molecule has 2 N–H and O–H groups in total. The van der Waals surface area contributed by atoms with Crippen LogP contribution in [0, 0.1) is 0 Å². The monoisotopic (exact) mass is 287 g/mol. The van der Waals surface area contributed by atoms with E-state index in [9.17, 15) is 0 Å². The molecular weight excluding hydrogens is 274 g/mol. The van der Waals surface area contributed by atoms with Gasteiger partial charge in [-0.3, -0.25) is 14.6 Å². The van der Waals surface area contributed by atoms with E-state index in [2.05, 4.69) is 15.1 Å². The molecule has 102 valence electrons. The van der Waals surface area contributed by atoms with Gasteiger partial charge in [0.1, 0.15) is 0 Å². The Morgan fingerprint density at radius 2 is 2.00 bits per heavy atom. The lowest BCUT2D eigenvalue weighted by molar-refractivity contribution is 0.601. The summed E-state index contributed by atoms with van der Waals surface area (Å²) >= 11 is 6.20. The summed E-state index contributed by atoms with van der Waals surface area (Å²) in [6.45, 7) is 2.73. The Labute approximate surface area is 121 Å². The van der Waals surface area contributed by atoms with Gasteiger partial charge < -0.3 is 5.73 Å². The smallest absolute Gasteiger partial charge is 0.0890 e. The van der Waals surface area contributed by atoms with E-state index in [-0.39, 0.29) is 6.04 Å². The summed E-state index contributed by atoms with van der Waals surface area (Å²) in [4.78, 5) is 8.55. The van der Waals surface area contributed by atoms with Crippen LogP contribution in [0.5, 0.6) is 0 Å². The van der Waals surface area contributed by atoms with Crippen LogP contribution in [-0.4, -0.2) is 19.7 Å². The molecule has 0 bridgehead atoms. The van der Waals surface area contributed by atoms with Gasteiger partial charge in [0.05, 0.1) is 34.0 Å². The molecule has 2 heterocycles. The van der Waals surface area contributed by atoms with Crippen molar-refractivity contribution in [1.29, 1.82) is 0 Å². The molecule has 0 fully saturated rings. The standard InChI is InChI=1S/C14H14ClN5/c1-2-20-14(10(15)8-19-20)13(16)9-3-4-11-12(7-9)18-6-5-17-11/h3-8,13H,2,16H2,1H3. The zero-order valence-corrected chi connectivity index (χ0v) is 11.7. The van der Waals surface area contributed by atoms with E-state index < -0.39 is 0 Å². The number of hydrogen-bond acceptors (Lipinski definition) is 4. The van der Waals surface area contributed by atoms with E-state index >= 15 is 0 Å². The molecular formula is C14H14ClN5. The molecule has 0 aliphatic heterocycles. The molecule has 0 amide bonds. The zero-order valence-electron chi connectivity index (χ0n) is 11.0. The normalized spacial score (nSPS) is 12.8. The minimum atomic E-state index is -0.337. The van der Waals surface area contributed by atoms with Gasteiger partial charge in [0.15, 0.2) is 0 Å². The van der Waals surface area contributed by atoms with Crippen molar-refractivity contribution in [3.8, 4) is 0 Å². The maximum atomic E-state index is 6.34. The van der Waals surface area contributed by atoms with Crippen LogP contribution < -0.4 is 5.73 Å². The molecule has 5 nitrogen and oxygen atoms in total. The summed E-state index contributed by atoms with van der Waals surface area (Å²) in [5.74, 6) is 0. The van der Waals surface area contributed by atoms with Crippen molar-refractivity contribution in [3.63, 3.8) is 0 Å². The minimum Gasteiger partial charge on any atom is -0.319 e. The minimum absolute atomic E-state index is 0.337. The Bertz CT molecular complexity index is 752. The van der Waals surface area contributed by atoms with Crippen LogP contribution in [0.25, 0.3) is 11.0 Å². The highest BCUT2D eigenvalue weighted by molar-refractivity contribution is 6.31. The third-order valence-electron chi connectivity index (χ3n) is 3.28. The molecule has 20 heavy (non-hydrogen) atoms. The van der Waals surface area contributed by atoms with Crippen LogP contribution >= 0.6 is 11.6 Å². The average Bonchev–Trinajstić information content (AvgIpc) is 2.87. The zero-order chi connectivity index (χ0) is 14.1. The first-order chi connectivity index (χ1) is 9.70. The number of aromatic nitrogens is 4. The van der Waals surface area contributed by atoms with Gasteiger partial charge in [-0.05, 0) is 24.6 Å². The predicted molar refractivity (Wildman–Crippen MR) is 78.5 cm³/mol. The number of aryl methyl sites for hydroxylation is 1. The quantitative estimate of drug-likeness (QED) is 0.804. The third kappa shape index (κ3) is 2.15. The second-order valence-corrected chi connectivity index (χ2v) is 4.88. The number of hydrogen-bond donors (Lipinski definition) is 1. The van der Waals surface area contributed by atoms with Crippen molar-refractivity contribution in [2.24, 2.45) is 5.73 Å². The highest BCUT2D eigenvalue weighted by atomic mass is 35.5. The summed E-state index contributed by atoms with van der Waals surface area (Å²) in [6.07, 6.45) is 4.97. The molecule has 1 aromatic carbocycles. The van der Waals surface area contributed by atoms with Crippen LogP contribution in [0.2, 0.25) is 5.02 Å². The summed E-state index contributed by atoms with van der Waals surface area (Å²) in [5, 5.41) is 4.80. The van der Waals surface area contributed by atoms with Crippen molar-refractivity contribution in [1.82, 2.24) is 19.7 Å². The second kappa shape index (κ2) is 5.19. The van der Waals surface area contributed by atoms with E-state index in [4.69, 9.17) is 17.3 Å². The maximum absolute atomic E-state index is 6.34. The molecule has 2 aromatic heterocycles. The molecule has 0 radical (unpaired) electrons. The summed E-state index contributed by atoms with van der Waals surface area (Å²) < 4.78 is 1.81. The predicted octanol–water partition coefficient (Wildman–Crippen LogP) is 2.55. The van der Waals surface area contributed by atoms with Gasteiger partial charge in [0.25, 0.3) is 0 Å². The number of halogens is 1. The summed E-state index contributed by atoms with van der Waals surface area (Å²) in [5.41, 5.74) is 9.76. The second-order valence-electron chi connectivity index (χ2n) is 4.48. The molecule has 3 rings (SSSR count). The van der Waals surface area contributed by atoms with Crippen LogP contribution in [0.1, 0.15) is 24.2 Å². The number of benzene rings is 1. The van der Waals surface area contributed by atoms with Crippen molar-refractivity contribution in [2.45, 2.75) is 19.5 Å². The molecule has 1 unspecified atom stereocenters. The Morgan fingerprint density at radius 3 is 2.75 bits per heavy atom. The first kappa shape index (κ1) is 13.0. The Morgan fingerprint density at radius 1 is 1.25 bits per heavy atom. The number of nitrogens with zero attached hydrogens (tertiary/aromatic N) is 4. The summed E-state index contributed by atoms with van der Waals surface area (Å²) in [6, 6.07) is 5.47. The van der Waals surface area contributed by atoms with Gasteiger partial charge in [0, 0.05) is 18.9 Å². The number of nitrogens with two attached hydrogens (primary N) is 1. The fourth-order valence-corrected chi connectivity index (χ4v) is 2.52. The van der Waals surface area contributed by atoms with Crippen molar-refractivity contribution >= 4 is 22.6 Å². The van der Waals surface area contributed by atoms with Gasteiger partial charge >= 0.3 is 0 Å². The molecule has 0 aliphatic carbocycles. The highest BCUT2D eigenvalue weighted by Crippen LogP contribution is 2.27. The first-order valence-corrected chi connectivity index (χ1v) is 6.76. The largest absolute Gasteiger partial charge is 0.319 e. The van der Waals surface area contributed by atoms with Gasteiger partial charge in [0.2, 0.25) is 0 Å². The average molecular weight is 288 g/mol. The van der Waals surface area contributed by atoms with Crippen LogP contribution in [0.15, 0.2) is 36.8 Å². The third-order valence-corrected chi connectivity index (χ3v) is 3.57. The van der Waals surface area contributed by atoms with Gasteiger partial charge in [-0.15, -0.1) is 0 Å². The fourth-order valence-electron chi connectivity index (χ4n) is 2.26. The van der Waals surface area contributed by atoms with E-state index in [0.29, 0.717) is 5.02 Å². The molecule has 0 spiro atoms. The Hall–Kier alpha value is -1.98. The molecule has 0 saturated heterocycles. The van der Waals surface area contributed by atoms with Crippen LogP contribution in [0.3, 0.4) is 0 Å². The Kier molecular flexibility index (Phi) is 3.38. The molecule has 0 saturated carbocycles. The molecule has 3 aromatic rings. The van der Waals surface area contributed by atoms with Crippen molar-refractivity contribution in [3.05, 3.63) is 53.1 Å². The maximum Gasteiger partial charge on any atom is 0.0890 e. The lowest BCUT2D eigenvalue weighted by Gasteiger charge is -2.15. The van der Waals surface area contributed by atoms with Gasteiger partial charge in [-0.25, -0.2) is 0 Å². The van der Waals surface area contributed by atoms with Crippen LogP contribution in [0.4, 0.5) is 0 Å². The number of rotatable bonds is 3. The molecule has 1 atom stereocenters. The summed E-state index contributed by atoms with van der Waals surface area (Å²) in [7, 11) is 0. The van der Waals surface area contributed by atoms with E-state index in [1.54, 1.807) is 18.6 Å². The van der Waals surface area contributed by atoms with E-state index in [0.717, 1.165) is 28.8 Å². The SMILES string of the molecule is CCn1ncc(Cl)c1C(N)c1ccc2nccnc2c1. The molecule has 0 aliphatic rings. The highest BCUT2D eigenvalue weighted by Gasteiger charge is 2.18. The Balaban J connectivity index is 2.07. The van der Waals surface area contributed by atoms with Crippen molar-refractivity contribution < 1.29 is 0 Å². The lowest BCUT2D eigenvalue weighted by Crippen LogP contribution is -2.17. The van der Waals surface area contributed by atoms with Gasteiger partial charge in [-0.2, -0.15) is 5.10 Å². The van der Waals surface area contributed by atoms with Crippen LogP contribution in [-0.2, 0) is 6.54 Å². The topological polar surface area (TPSA) is 69.6 Å². The van der Waals surface area contributed by atoms with Crippen molar-refractivity contribution in [2.75, 3.05) is 0 Å². The molecule has 6 heteroatoms. The number of fused-ring (bicyclic) bond motifs is 1. The fraction of sp³-hybridized carbons (Fsp3) is 0.214. The first-order valence-electron chi connectivity index (χ1n) is 6.38.